The molecule has 31 heavy (non-hydrogen) atoms. The molecule has 1 aliphatic heterocycles. The zero-order valence-corrected chi connectivity index (χ0v) is 18.1. The molecule has 166 valence electrons. The third-order valence-corrected chi connectivity index (χ3v) is 5.12. The van der Waals surface area contributed by atoms with Gasteiger partial charge in [0.2, 0.25) is 5.91 Å². The quantitative estimate of drug-likeness (QED) is 0.692. The fourth-order valence-electron chi connectivity index (χ4n) is 3.26. The number of carbonyl (C=O) groups is 2. The van der Waals surface area contributed by atoms with E-state index in [1.807, 2.05) is 0 Å². The van der Waals surface area contributed by atoms with Gasteiger partial charge in [0, 0.05) is 38.9 Å². The minimum absolute atomic E-state index is 0.0395. The highest BCUT2D eigenvalue weighted by molar-refractivity contribution is 6.32. The van der Waals surface area contributed by atoms with E-state index in [0.717, 1.165) is 0 Å². The molecule has 1 N–H and O–H groups in total. The van der Waals surface area contributed by atoms with Gasteiger partial charge in [-0.15, -0.1) is 0 Å². The molecule has 0 radical (unpaired) electrons. The van der Waals surface area contributed by atoms with E-state index in [-0.39, 0.29) is 30.3 Å². The molecule has 0 spiro atoms. The lowest BCUT2D eigenvalue weighted by Crippen LogP contribution is -2.43. The standard InChI is InChI=1S/C22H24ClFN2O5/c1-14(27)25-19-11-18(23)20(29-2)12-21(19)30-13-22(28)26-9-7-17(8-10-26)31-16-5-3-15(24)4-6-16/h3-6,11-12,17H,7-10,13H2,1-2H3,(H,25,27). The Morgan fingerprint density at radius 1 is 1.16 bits per heavy atom. The number of ether oxygens (including phenoxy) is 3. The predicted molar refractivity (Wildman–Crippen MR) is 114 cm³/mol. The number of nitrogens with one attached hydrogen (secondary N) is 1. The van der Waals surface area contributed by atoms with Gasteiger partial charge in [-0.3, -0.25) is 9.59 Å². The second kappa shape index (κ2) is 10.3. The van der Waals surface area contributed by atoms with Gasteiger partial charge in [-0.05, 0) is 30.3 Å². The second-order valence-corrected chi connectivity index (χ2v) is 7.51. The summed E-state index contributed by atoms with van der Waals surface area (Å²) in [5, 5.41) is 2.95. The Morgan fingerprint density at radius 2 is 1.84 bits per heavy atom. The van der Waals surface area contributed by atoms with E-state index in [9.17, 15) is 14.0 Å². The lowest BCUT2D eigenvalue weighted by molar-refractivity contribution is -0.135. The van der Waals surface area contributed by atoms with Crippen molar-refractivity contribution in [2.24, 2.45) is 0 Å². The molecular formula is C22H24ClFN2O5. The SMILES string of the molecule is COc1cc(OCC(=O)N2CCC(Oc3ccc(F)cc3)CC2)c(NC(C)=O)cc1Cl. The summed E-state index contributed by atoms with van der Waals surface area (Å²) in [7, 11) is 1.46. The Balaban J connectivity index is 1.54. The molecule has 0 bridgehead atoms. The van der Waals surface area contributed by atoms with Crippen LogP contribution in [0.5, 0.6) is 17.2 Å². The molecule has 0 aromatic heterocycles. The highest BCUT2D eigenvalue weighted by Gasteiger charge is 2.24. The maximum Gasteiger partial charge on any atom is 0.260 e. The molecule has 0 aliphatic carbocycles. The van der Waals surface area contributed by atoms with E-state index < -0.39 is 0 Å². The van der Waals surface area contributed by atoms with Gasteiger partial charge in [0.25, 0.3) is 5.91 Å². The third-order valence-electron chi connectivity index (χ3n) is 4.83. The summed E-state index contributed by atoms with van der Waals surface area (Å²) < 4.78 is 29.7. The number of rotatable bonds is 7. The molecule has 2 amide bonds. The summed E-state index contributed by atoms with van der Waals surface area (Å²) in [6.45, 7) is 2.22. The molecule has 2 aromatic carbocycles. The van der Waals surface area contributed by atoms with E-state index in [1.54, 1.807) is 17.0 Å². The van der Waals surface area contributed by atoms with Gasteiger partial charge in [-0.2, -0.15) is 0 Å². The Bertz CT molecular complexity index is 930. The maximum atomic E-state index is 13.0. The van der Waals surface area contributed by atoms with Crippen LogP contribution in [0.4, 0.5) is 10.1 Å². The van der Waals surface area contributed by atoms with Gasteiger partial charge in [0.15, 0.2) is 6.61 Å². The third kappa shape index (κ3) is 6.24. The molecule has 1 aliphatic rings. The van der Waals surface area contributed by atoms with Crippen LogP contribution >= 0.6 is 11.6 Å². The Kier molecular flexibility index (Phi) is 7.57. The number of piperidine rings is 1. The van der Waals surface area contributed by atoms with Gasteiger partial charge in [-0.1, -0.05) is 11.6 Å². The number of benzene rings is 2. The molecule has 0 saturated carbocycles. The number of hydrogen-bond donors (Lipinski definition) is 1. The first kappa shape index (κ1) is 22.7. The van der Waals surface area contributed by atoms with Crippen molar-refractivity contribution in [3.8, 4) is 17.2 Å². The van der Waals surface area contributed by atoms with Crippen LogP contribution in [0.2, 0.25) is 5.02 Å². The molecule has 1 saturated heterocycles. The van der Waals surface area contributed by atoms with Crippen LogP contribution in [0, 0.1) is 5.82 Å². The lowest BCUT2D eigenvalue weighted by atomic mass is 10.1. The number of carbonyl (C=O) groups excluding carboxylic acids is 2. The summed E-state index contributed by atoms with van der Waals surface area (Å²) in [5.41, 5.74) is 0.359. The van der Waals surface area contributed by atoms with Gasteiger partial charge in [-0.25, -0.2) is 4.39 Å². The van der Waals surface area contributed by atoms with E-state index in [4.69, 9.17) is 25.8 Å². The van der Waals surface area contributed by atoms with Crippen LogP contribution in [0.25, 0.3) is 0 Å². The average molecular weight is 451 g/mol. The molecule has 1 heterocycles. The summed E-state index contributed by atoms with van der Waals surface area (Å²) in [6.07, 6.45) is 1.28. The van der Waals surface area contributed by atoms with Gasteiger partial charge in [0.05, 0.1) is 17.8 Å². The van der Waals surface area contributed by atoms with Crippen LogP contribution in [-0.2, 0) is 9.59 Å². The van der Waals surface area contributed by atoms with Crippen molar-refractivity contribution >= 4 is 29.1 Å². The van der Waals surface area contributed by atoms with E-state index >= 15 is 0 Å². The van der Waals surface area contributed by atoms with E-state index in [1.165, 1.54) is 38.3 Å². The van der Waals surface area contributed by atoms with Crippen molar-refractivity contribution in [3.05, 3.63) is 47.2 Å². The lowest BCUT2D eigenvalue weighted by Gasteiger charge is -2.32. The van der Waals surface area contributed by atoms with Crippen LogP contribution < -0.4 is 19.5 Å². The van der Waals surface area contributed by atoms with Crippen LogP contribution in [-0.4, -0.2) is 49.6 Å². The topological polar surface area (TPSA) is 77.1 Å². The predicted octanol–water partition coefficient (Wildman–Crippen LogP) is 3.89. The maximum absolute atomic E-state index is 13.0. The highest BCUT2D eigenvalue weighted by Crippen LogP contribution is 2.36. The number of likely N-dealkylation sites (tertiary alicyclic amines) is 1. The molecular weight excluding hydrogens is 427 g/mol. The number of halogens is 2. The van der Waals surface area contributed by atoms with Crippen molar-refractivity contribution in [1.82, 2.24) is 4.90 Å². The zero-order valence-electron chi connectivity index (χ0n) is 17.3. The molecule has 0 atom stereocenters. The Hall–Kier alpha value is -3.00. The largest absolute Gasteiger partial charge is 0.495 e. The zero-order chi connectivity index (χ0) is 22.4. The molecule has 9 heteroatoms. The summed E-state index contributed by atoms with van der Waals surface area (Å²) in [5.74, 6) is 0.490. The minimum Gasteiger partial charge on any atom is -0.495 e. The Labute approximate surface area is 185 Å². The minimum atomic E-state index is -0.312. The van der Waals surface area contributed by atoms with E-state index in [2.05, 4.69) is 5.32 Å². The van der Waals surface area contributed by atoms with E-state index in [0.29, 0.717) is 53.9 Å². The second-order valence-electron chi connectivity index (χ2n) is 7.10. The molecule has 3 rings (SSSR count). The molecule has 1 fully saturated rings. The number of anilines is 1. The Morgan fingerprint density at radius 3 is 2.45 bits per heavy atom. The fourth-order valence-corrected chi connectivity index (χ4v) is 3.50. The first-order valence-electron chi connectivity index (χ1n) is 9.83. The van der Waals surface area contributed by atoms with Gasteiger partial charge in [0.1, 0.15) is 29.2 Å². The van der Waals surface area contributed by atoms with Crippen molar-refractivity contribution in [1.29, 1.82) is 0 Å². The number of nitrogens with zero attached hydrogens (tertiary/aromatic N) is 1. The van der Waals surface area contributed by atoms with Crippen molar-refractivity contribution in [2.75, 3.05) is 32.1 Å². The van der Waals surface area contributed by atoms with Crippen molar-refractivity contribution < 1.29 is 28.2 Å². The van der Waals surface area contributed by atoms with Crippen LogP contribution in [0.3, 0.4) is 0 Å². The van der Waals surface area contributed by atoms with Crippen molar-refractivity contribution in [3.63, 3.8) is 0 Å². The first-order chi connectivity index (χ1) is 14.9. The van der Waals surface area contributed by atoms with Gasteiger partial charge >= 0.3 is 0 Å². The smallest absolute Gasteiger partial charge is 0.260 e. The van der Waals surface area contributed by atoms with Crippen molar-refractivity contribution in [2.45, 2.75) is 25.9 Å². The molecule has 2 aromatic rings. The van der Waals surface area contributed by atoms with Crippen LogP contribution in [0.1, 0.15) is 19.8 Å². The monoisotopic (exact) mass is 450 g/mol. The van der Waals surface area contributed by atoms with Crippen LogP contribution in [0.15, 0.2) is 36.4 Å². The normalized spacial score (nSPS) is 14.1. The highest BCUT2D eigenvalue weighted by atomic mass is 35.5. The number of hydrogen-bond acceptors (Lipinski definition) is 5. The molecule has 7 nitrogen and oxygen atoms in total. The van der Waals surface area contributed by atoms with Gasteiger partial charge < -0.3 is 24.4 Å². The summed E-state index contributed by atoms with van der Waals surface area (Å²) >= 11 is 6.11. The number of amides is 2. The summed E-state index contributed by atoms with van der Waals surface area (Å²) in [4.78, 5) is 25.8. The first-order valence-corrected chi connectivity index (χ1v) is 10.2. The molecule has 0 unspecified atom stereocenters. The summed E-state index contributed by atoms with van der Waals surface area (Å²) in [6, 6.07) is 8.93. The fraction of sp³-hybridized carbons (Fsp3) is 0.364. The number of methoxy groups -OCH3 is 1. The average Bonchev–Trinajstić information content (AvgIpc) is 2.74.